The second kappa shape index (κ2) is 6.18. The number of benzene rings is 1. The second-order valence-corrected chi connectivity index (χ2v) is 7.25. The van der Waals surface area contributed by atoms with Crippen LogP contribution in [0.25, 0.3) is 0 Å². The zero-order valence-corrected chi connectivity index (χ0v) is 13.7. The third-order valence-corrected chi connectivity index (χ3v) is 5.33. The lowest BCUT2D eigenvalue weighted by Gasteiger charge is -2.37. The van der Waals surface area contributed by atoms with E-state index in [0.717, 1.165) is 5.75 Å². The highest BCUT2D eigenvalue weighted by molar-refractivity contribution is 9.10. The molecule has 1 amide bonds. The maximum atomic E-state index is 12.6. The molecule has 1 aromatic rings. The fourth-order valence-electron chi connectivity index (χ4n) is 2.22. The van der Waals surface area contributed by atoms with Gasteiger partial charge in [0.15, 0.2) is 0 Å². The number of hydrogen-bond acceptors (Lipinski definition) is 3. The van der Waals surface area contributed by atoms with Crippen LogP contribution in [0.4, 0.5) is 0 Å². The molecule has 1 aromatic carbocycles. The number of amides is 1. The van der Waals surface area contributed by atoms with Crippen molar-refractivity contribution in [2.24, 2.45) is 0 Å². The summed E-state index contributed by atoms with van der Waals surface area (Å²) < 4.78 is 0.604. The summed E-state index contributed by atoms with van der Waals surface area (Å²) >= 11 is 5.12. The van der Waals surface area contributed by atoms with Crippen LogP contribution in [-0.2, 0) is 0 Å². The lowest BCUT2D eigenvalue weighted by molar-refractivity contribution is 0.0696. The van der Waals surface area contributed by atoms with Crippen molar-refractivity contribution in [3.8, 4) is 0 Å². The molecule has 2 atom stereocenters. The molecule has 0 aliphatic carbocycles. The fraction of sp³-hybridized carbons (Fsp3) is 0.429. The molecule has 0 bridgehead atoms. The van der Waals surface area contributed by atoms with Crippen molar-refractivity contribution in [3.05, 3.63) is 33.8 Å². The highest BCUT2D eigenvalue weighted by Gasteiger charge is 2.29. The van der Waals surface area contributed by atoms with E-state index in [1.807, 2.05) is 23.6 Å². The number of carbonyl (C=O) groups excluding carboxylic acids is 1. The number of aromatic carboxylic acids is 1. The van der Waals surface area contributed by atoms with Crippen molar-refractivity contribution in [3.63, 3.8) is 0 Å². The molecule has 1 aliphatic heterocycles. The Morgan fingerprint density at radius 3 is 2.60 bits per heavy atom. The van der Waals surface area contributed by atoms with Crippen molar-refractivity contribution in [2.45, 2.75) is 25.1 Å². The Kier molecular flexibility index (Phi) is 4.75. The number of rotatable bonds is 2. The number of halogens is 1. The SMILES string of the molecule is CC1SCCN(C(=O)c2cc(Br)cc(C(=O)O)c2)C1C. The van der Waals surface area contributed by atoms with E-state index in [4.69, 9.17) is 5.11 Å². The Bertz CT molecular complexity index is 549. The van der Waals surface area contributed by atoms with E-state index >= 15 is 0 Å². The number of carboxylic acids is 1. The van der Waals surface area contributed by atoms with Gasteiger partial charge in [0.05, 0.1) is 5.56 Å². The lowest BCUT2D eigenvalue weighted by Crippen LogP contribution is -2.48. The largest absolute Gasteiger partial charge is 0.478 e. The molecular weight excluding hydrogens is 342 g/mol. The number of thioether (sulfide) groups is 1. The van der Waals surface area contributed by atoms with Crippen LogP contribution in [0.15, 0.2) is 22.7 Å². The summed E-state index contributed by atoms with van der Waals surface area (Å²) in [4.78, 5) is 25.5. The summed E-state index contributed by atoms with van der Waals surface area (Å²) in [7, 11) is 0. The summed E-state index contributed by atoms with van der Waals surface area (Å²) in [6.07, 6.45) is 0. The third-order valence-electron chi connectivity index (χ3n) is 3.54. The predicted molar refractivity (Wildman–Crippen MR) is 83.5 cm³/mol. The lowest BCUT2D eigenvalue weighted by atomic mass is 10.1. The molecule has 4 nitrogen and oxygen atoms in total. The molecule has 0 radical (unpaired) electrons. The summed E-state index contributed by atoms with van der Waals surface area (Å²) in [5.41, 5.74) is 0.539. The van der Waals surface area contributed by atoms with E-state index in [0.29, 0.717) is 21.8 Å². The van der Waals surface area contributed by atoms with E-state index < -0.39 is 5.97 Å². The standard InChI is InChI=1S/C14H16BrNO3S/c1-8-9(2)20-4-3-16(8)13(17)10-5-11(14(18)19)7-12(15)6-10/h5-9H,3-4H2,1-2H3,(H,18,19). The van der Waals surface area contributed by atoms with Gasteiger partial charge in [-0.1, -0.05) is 22.9 Å². The molecular formula is C14H16BrNO3S. The van der Waals surface area contributed by atoms with Crippen LogP contribution >= 0.6 is 27.7 Å². The summed E-state index contributed by atoms with van der Waals surface area (Å²) in [5.74, 6) is -0.221. The number of carboxylic acid groups (broad SMARTS) is 1. The van der Waals surface area contributed by atoms with Gasteiger partial charge in [-0.3, -0.25) is 4.79 Å². The van der Waals surface area contributed by atoms with E-state index in [9.17, 15) is 9.59 Å². The molecule has 108 valence electrons. The van der Waals surface area contributed by atoms with Gasteiger partial charge in [-0.15, -0.1) is 0 Å². The zero-order chi connectivity index (χ0) is 14.9. The predicted octanol–water partition coefficient (Wildman–Crippen LogP) is 3.11. The molecule has 20 heavy (non-hydrogen) atoms. The molecule has 1 fully saturated rings. The molecule has 1 aliphatic rings. The van der Waals surface area contributed by atoms with E-state index in [1.54, 1.807) is 6.07 Å². The average Bonchev–Trinajstić information content (AvgIpc) is 2.40. The highest BCUT2D eigenvalue weighted by Crippen LogP contribution is 2.26. The van der Waals surface area contributed by atoms with Crippen molar-refractivity contribution in [2.75, 3.05) is 12.3 Å². The average molecular weight is 358 g/mol. The molecule has 1 heterocycles. The molecule has 0 aromatic heterocycles. The highest BCUT2D eigenvalue weighted by atomic mass is 79.9. The van der Waals surface area contributed by atoms with Crippen molar-refractivity contribution in [1.82, 2.24) is 4.90 Å². The molecule has 0 spiro atoms. The normalized spacial score (nSPS) is 22.6. The third kappa shape index (κ3) is 3.17. The summed E-state index contributed by atoms with van der Waals surface area (Å²) in [6.45, 7) is 4.84. The zero-order valence-electron chi connectivity index (χ0n) is 11.3. The Morgan fingerprint density at radius 2 is 1.95 bits per heavy atom. The first-order valence-corrected chi connectivity index (χ1v) is 8.21. The van der Waals surface area contributed by atoms with Crippen molar-refractivity contribution in [1.29, 1.82) is 0 Å². The van der Waals surface area contributed by atoms with Crippen LogP contribution in [0.5, 0.6) is 0 Å². The van der Waals surface area contributed by atoms with Gasteiger partial charge in [-0.05, 0) is 25.1 Å². The first-order valence-electron chi connectivity index (χ1n) is 6.36. The van der Waals surface area contributed by atoms with Gasteiger partial charge in [0.25, 0.3) is 5.91 Å². The Labute approximate surface area is 130 Å². The van der Waals surface area contributed by atoms with Crippen LogP contribution in [0, 0.1) is 0 Å². The van der Waals surface area contributed by atoms with Gasteiger partial charge in [0.2, 0.25) is 0 Å². The topological polar surface area (TPSA) is 57.6 Å². The first-order chi connectivity index (χ1) is 9.40. The van der Waals surface area contributed by atoms with Crippen LogP contribution < -0.4 is 0 Å². The Balaban J connectivity index is 2.31. The van der Waals surface area contributed by atoms with Crippen molar-refractivity contribution >= 4 is 39.6 Å². The minimum atomic E-state index is -1.03. The molecule has 0 saturated carbocycles. The monoisotopic (exact) mass is 357 g/mol. The van der Waals surface area contributed by atoms with Gasteiger partial charge >= 0.3 is 5.97 Å². The number of hydrogen-bond donors (Lipinski definition) is 1. The minimum Gasteiger partial charge on any atom is -0.478 e. The first kappa shape index (κ1) is 15.4. The summed E-state index contributed by atoms with van der Waals surface area (Å²) in [5, 5.41) is 9.46. The van der Waals surface area contributed by atoms with Gasteiger partial charge in [0.1, 0.15) is 0 Å². The Morgan fingerprint density at radius 1 is 1.30 bits per heavy atom. The van der Waals surface area contributed by atoms with E-state index in [1.165, 1.54) is 12.1 Å². The van der Waals surface area contributed by atoms with Crippen molar-refractivity contribution < 1.29 is 14.7 Å². The van der Waals surface area contributed by atoms with Crippen LogP contribution in [-0.4, -0.2) is 45.5 Å². The number of nitrogens with zero attached hydrogens (tertiary/aromatic N) is 1. The minimum absolute atomic E-state index is 0.103. The van der Waals surface area contributed by atoms with Crippen LogP contribution in [0.1, 0.15) is 34.6 Å². The van der Waals surface area contributed by atoms with Gasteiger partial charge in [-0.25, -0.2) is 4.79 Å². The van der Waals surface area contributed by atoms with Crippen LogP contribution in [0.2, 0.25) is 0 Å². The van der Waals surface area contributed by atoms with Crippen LogP contribution in [0.3, 0.4) is 0 Å². The van der Waals surface area contributed by atoms with Gasteiger partial charge in [-0.2, -0.15) is 11.8 Å². The smallest absolute Gasteiger partial charge is 0.335 e. The van der Waals surface area contributed by atoms with Gasteiger partial charge < -0.3 is 10.0 Å². The maximum Gasteiger partial charge on any atom is 0.335 e. The number of carbonyl (C=O) groups is 2. The molecule has 2 rings (SSSR count). The van der Waals surface area contributed by atoms with E-state index in [2.05, 4.69) is 22.9 Å². The fourth-order valence-corrected chi connectivity index (χ4v) is 3.81. The molecule has 2 unspecified atom stereocenters. The Hall–Kier alpha value is -1.01. The molecule has 1 saturated heterocycles. The van der Waals surface area contributed by atoms with Gasteiger partial charge in [0, 0.05) is 33.6 Å². The quantitative estimate of drug-likeness (QED) is 0.883. The molecule has 1 N–H and O–H groups in total. The van der Waals surface area contributed by atoms with E-state index in [-0.39, 0.29) is 17.5 Å². The second-order valence-electron chi connectivity index (χ2n) is 4.85. The summed E-state index contributed by atoms with van der Waals surface area (Å²) in [6, 6.07) is 4.76. The maximum absolute atomic E-state index is 12.6. The molecule has 6 heteroatoms.